The summed E-state index contributed by atoms with van der Waals surface area (Å²) in [6, 6.07) is 19.2. The SMILES string of the molecule is Cc1nc(NC(=O)C2CCN(S(=O)(=O)Cc3ccccc3)CC2)sc1-c1ccccc1. The number of sulfonamides is 1. The van der Waals surface area contributed by atoms with E-state index in [4.69, 9.17) is 0 Å². The Balaban J connectivity index is 1.35. The Labute approximate surface area is 187 Å². The summed E-state index contributed by atoms with van der Waals surface area (Å²) in [4.78, 5) is 18.3. The number of aryl methyl sites for hydroxylation is 1. The van der Waals surface area contributed by atoms with E-state index in [1.807, 2.05) is 67.6 Å². The van der Waals surface area contributed by atoms with Crippen molar-refractivity contribution in [3.8, 4) is 10.4 Å². The average molecular weight is 456 g/mol. The second-order valence-electron chi connectivity index (χ2n) is 7.70. The van der Waals surface area contributed by atoms with E-state index in [0.717, 1.165) is 21.7 Å². The van der Waals surface area contributed by atoms with Crippen molar-refractivity contribution in [3.63, 3.8) is 0 Å². The number of aromatic nitrogens is 1. The summed E-state index contributed by atoms with van der Waals surface area (Å²) in [6.45, 7) is 2.66. The van der Waals surface area contributed by atoms with Gasteiger partial charge in [-0.15, -0.1) is 0 Å². The van der Waals surface area contributed by atoms with Gasteiger partial charge < -0.3 is 5.32 Å². The van der Waals surface area contributed by atoms with E-state index in [2.05, 4.69) is 10.3 Å². The first-order chi connectivity index (χ1) is 14.9. The minimum absolute atomic E-state index is 0.00857. The fraction of sp³-hybridized carbons (Fsp3) is 0.304. The van der Waals surface area contributed by atoms with E-state index in [9.17, 15) is 13.2 Å². The van der Waals surface area contributed by atoms with Gasteiger partial charge in [-0.1, -0.05) is 72.0 Å². The zero-order valence-electron chi connectivity index (χ0n) is 17.3. The van der Waals surface area contributed by atoms with Crippen LogP contribution in [0.1, 0.15) is 24.1 Å². The van der Waals surface area contributed by atoms with Crippen LogP contribution >= 0.6 is 11.3 Å². The second kappa shape index (κ2) is 9.30. The van der Waals surface area contributed by atoms with E-state index in [0.29, 0.717) is 31.1 Å². The summed E-state index contributed by atoms with van der Waals surface area (Å²) >= 11 is 1.46. The topological polar surface area (TPSA) is 79.4 Å². The number of rotatable bonds is 6. The van der Waals surface area contributed by atoms with Crippen LogP contribution in [0.3, 0.4) is 0 Å². The lowest BCUT2D eigenvalue weighted by Gasteiger charge is -2.30. The van der Waals surface area contributed by atoms with E-state index in [1.165, 1.54) is 15.6 Å². The van der Waals surface area contributed by atoms with Crippen LogP contribution in [0.25, 0.3) is 10.4 Å². The van der Waals surface area contributed by atoms with Crippen LogP contribution in [0.2, 0.25) is 0 Å². The van der Waals surface area contributed by atoms with Crippen LogP contribution in [-0.2, 0) is 20.6 Å². The minimum atomic E-state index is -3.39. The molecule has 1 aliphatic heterocycles. The predicted octanol–water partition coefficient (Wildman–Crippen LogP) is 4.30. The average Bonchev–Trinajstić information content (AvgIpc) is 3.14. The molecule has 1 N–H and O–H groups in total. The van der Waals surface area contributed by atoms with Crippen LogP contribution in [0.5, 0.6) is 0 Å². The fourth-order valence-corrected chi connectivity index (χ4v) is 6.33. The lowest BCUT2D eigenvalue weighted by Crippen LogP contribution is -2.41. The molecule has 1 aliphatic rings. The molecule has 0 unspecified atom stereocenters. The smallest absolute Gasteiger partial charge is 0.229 e. The van der Waals surface area contributed by atoms with Crippen molar-refractivity contribution in [3.05, 3.63) is 71.9 Å². The molecular weight excluding hydrogens is 430 g/mol. The summed E-state index contributed by atoms with van der Waals surface area (Å²) in [5, 5.41) is 3.52. The van der Waals surface area contributed by atoms with Crippen LogP contribution in [-0.4, -0.2) is 36.7 Å². The number of anilines is 1. The first kappa shape index (κ1) is 21.7. The fourth-order valence-electron chi connectivity index (χ4n) is 3.79. The number of piperidine rings is 1. The third-order valence-electron chi connectivity index (χ3n) is 5.47. The number of hydrogen-bond donors (Lipinski definition) is 1. The largest absolute Gasteiger partial charge is 0.302 e. The minimum Gasteiger partial charge on any atom is -0.302 e. The molecule has 0 radical (unpaired) electrons. The number of nitrogens with zero attached hydrogens (tertiary/aromatic N) is 2. The number of amides is 1. The van der Waals surface area contributed by atoms with E-state index < -0.39 is 10.0 Å². The highest BCUT2D eigenvalue weighted by molar-refractivity contribution is 7.88. The molecule has 1 amide bonds. The van der Waals surface area contributed by atoms with Crippen molar-refractivity contribution in [1.82, 2.24) is 9.29 Å². The highest BCUT2D eigenvalue weighted by atomic mass is 32.2. The van der Waals surface area contributed by atoms with Crippen molar-refractivity contribution < 1.29 is 13.2 Å². The van der Waals surface area contributed by atoms with Gasteiger partial charge in [0.05, 0.1) is 16.3 Å². The summed E-state index contributed by atoms with van der Waals surface area (Å²) in [5.41, 5.74) is 2.74. The van der Waals surface area contributed by atoms with Crippen molar-refractivity contribution in [2.24, 2.45) is 5.92 Å². The van der Waals surface area contributed by atoms with Gasteiger partial charge in [0, 0.05) is 19.0 Å². The van der Waals surface area contributed by atoms with Gasteiger partial charge in [-0.25, -0.2) is 17.7 Å². The summed E-state index contributed by atoms with van der Waals surface area (Å²) in [5.74, 6) is -0.313. The van der Waals surface area contributed by atoms with Gasteiger partial charge in [-0.05, 0) is 30.9 Å². The maximum absolute atomic E-state index is 12.8. The molecule has 3 aromatic rings. The monoisotopic (exact) mass is 455 g/mol. The summed E-state index contributed by atoms with van der Waals surface area (Å²) in [7, 11) is -3.39. The van der Waals surface area contributed by atoms with Crippen molar-refractivity contribution in [1.29, 1.82) is 0 Å². The predicted molar refractivity (Wildman–Crippen MR) is 124 cm³/mol. The second-order valence-corrected chi connectivity index (χ2v) is 10.7. The normalized spacial score (nSPS) is 15.6. The molecule has 0 bridgehead atoms. The first-order valence-corrected chi connectivity index (χ1v) is 12.7. The van der Waals surface area contributed by atoms with Crippen molar-refractivity contribution >= 4 is 32.4 Å². The van der Waals surface area contributed by atoms with Crippen LogP contribution < -0.4 is 5.32 Å². The molecular formula is C23H25N3O3S2. The standard InChI is InChI=1S/C23H25N3O3S2/c1-17-21(19-10-6-3-7-11-19)30-23(24-17)25-22(27)20-12-14-26(15-13-20)31(28,29)16-18-8-4-2-5-9-18/h2-11,20H,12-16H2,1H3,(H,24,25,27). The van der Waals surface area contributed by atoms with Gasteiger partial charge in [0.15, 0.2) is 5.13 Å². The Kier molecular flexibility index (Phi) is 6.50. The van der Waals surface area contributed by atoms with Crippen LogP contribution in [0.15, 0.2) is 60.7 Å². The number of thiazole rings is 1. The van der Waals surface area contributed by atoms with Crippen LogP contribution in [0.4, 0.5) is 5.13 Å². The molecule has 0 saturated carbocycles. The van der Waals surface area contributed by atoms with E-state index in [-0.39, 0.29) is 17.6 Å². The lowest BCUT2D eigenvalue weighted by atomic mass is 9.97. The quantitative estimate of drug-likeness (QED) is 0.601. The van der Waals surface area contributed by atoms with Gasteiger partial charge in [0.2, 0.25) is 15.9 Å². The third-order valence-corrected chi connectivity index (χ3v) is 8.44. The highest BCUT2D eigenvalue weighted by Crippen LogP contribution is 2.33. The van der Waals surface area contributed by atoms with Crippen molar-refractivity contribution in [2.45, 2.75) is 25.5 Å². The Morgan fingerprint density at radius 2 is 1.68 bits per heavy atom. The van der Waals surface area contributed by atoms with Crippen LogP contribution in [0, 0.1) is 12.8 Å². The summed E-state index contributed by atoms with van der Waals surface area (Å²) in [6.07, 6.45) is 1.02. The molecule has 2 heterocycles. The number of carbonyl (C=O) groups is 1. The lowest BCUT2D eigenvalue weighted by molar-refractivity contribution is -0.120. The summed E-state index contributed by atoms with van der Waals surface area (Å²) < 4.78 is 26.9. The molecule has 31 heavy (non-hydrogen) atoms. The molecule has 2 aromatic carbocycles. The number of hydrogen-bond acceptors (Lipinski definition) is 5. The molecule has 0 aliphatic carbocycles. The maximum Gasteiger partial charge on any atom is 0.229 e. The van der Waals surface area contributed by atoms with Crippen molar-refractivity contribution in [2.75, 3.05) is 18.4 Å². The zero-order chi connectivity index (χ0) is 21.8. The molecule has 0 atom stereocenters. The number of benzene rings is 2. The Bertz CT molecular complexity index is 1140. The maximum atomic E-state index is 12.8. The van der Waals surface area contributed by atoms with Gasteiger partial charge in [0.1, 0.15) is 0 Å². The molecule has 1 fully saturated rings. The number of nitrogens with one attached hydrogen (secondary N) is 1. The van der Waals surface area contributed by atoms with E-state index in [1.54, 1.807) is 0 Å². The first-order valence-electron chi connectivity index (χ1n) is 10.3. The highest BCUT2D eigenvalue weighted by Gasteiger charge is 2.31. The van der Waals surface area contributed by atoms with Gasteiger partial charge in [-0.2, -0.15) is 0 Å². The Hall–Kier alpha value is -2.55. The molecule has 6 nitrogen and oxygen atoms in total. The van der Waals surface area contributed by atoms with Gasteiger partial charge in [-0.3, -0.25) is 4.79 Å². The molecule has 0 spiro atoms. The molecule has 1 aromatic heterocycles. The van der Waals surface area contributed by atoms with Gasteiger partial charge >= 0.3 is 0 Å². The molecule has 162 valence electrons. The molecule has 1 saturated heterocycles. The molecule has 8 heteroatoms. The Morgan fingerprint density at radius 1 is 1.06 bits per heavy atom. The Morgan fingerprint density at radius 3 is 2.32 bits per heavy atom. The zero-order valence-corrected chi connectivity index (χ0v) is 19.0. The van der Waals surface area contributed by atoms with Gasteiger partial charge in [0.25, 0.3) is 0 Å². The van der Waals surface area contributed by atoms with E-state index >= 15 is 0 Å². The third kappa shape index (κ3) is 5.20. The molecule has 4 rings (SSSR count). The number of carbonyl (C=O) groups excluding carboxylic acids is 1.